The van der Waals surface area contributed by atoms with E-state index in [0.717, 1.165) is 0 Å². The number of hydrogen-bond donors (Lipinski definition) is 0. The molecule has 0 aliphatic heterocycles. The molecule has 12 heavy (non-hydrogen) atoms. The van der Waals surface area contributed by atoms with Crippen molar-refractivity contribution in [2.75, 3.05) is 13.2 Å². The second-order valence-corrected chi connectivity index (χ2v) is 2.93. The fourth-order valence-corrected chi connectivity index (χ4v) is 0.691. The zero-order valence-corrected chi connectivity index (χ0v) is 8.65. The Morgan fingerprint density at radius 1 is 1.08 bits per heavy atom. The van der Waals surface area contributed by atoms with Gasteiger partial charge in [0.15, 0.2) is 4.84 Å². The van der Waals surface area contributed by atoms with E-state index in [9.17, 15) is 0 Å². The zero-order chi connectivity index (χ0) is 9.40. The predicted octanol–water partition coefficient (Wildman–Crippen LogP) is 2.19. The van der Waals surface area contributed by atoms with E-state index in [0.29, 0.717) is 13.2 Å². The Hall–Kier alpha value is 0.0600. The molecule has 0 heterocycles. The van der Waals surface area contributed by atoms with Crippen LogP contribution in [-0.2, 0) is 9.47 Å². The van der Waals surface area contributed by atoms with Gasteiger partial charge in [-0.05, 0) is 19.8 Å². The van der Waals surface area contributed by atoms with E-state index in [1.165, 1.54) is 0 Å². The molecule has 0 saturated carbocycles. The monoisotopic (exact) mass is 210 g/mol. The lowest BCUT2D eigenvalue weighted by Crippen LogP contribution is -2.15. The van der Waals surface area contributed by atoms with Gasteiger partial charge in [0.25, 0.3) is 0 Å². The molecule has 0 radical (unpaired) electrons. The van der Waals surface area contributed by atoms with Gasteiger partial charge in [0.05, 0.1) is 0 Å². The van der Waals surface area contributed by atoms with Crippen LogP contribution in [0.25, 0.3) is 0 Å². The molecular formula is C8H12Cl2O2. The highest BCUT2D eigenvalue weighted by atomic mass is 35.5. The highest BCUT2D eigenvalue weighted by Gasteiger charge is 2.01. The van der Waals surface area contributed by atoms with Crippen LogP contribution in [0.3, 0.4) is 0 Å². The van der Waals surface area contributed by atoms with Gasteiger partial charge in [-0.15, -0.1) is 0 Å². The first-order chi connectivity index (χ1) is 5.70. The maximum Gasteiger partial charge on any atom is 0.222 e. The molecule has 4 heteroatoms. The molecule has 0 spiro atoms. The van der Waals surface area contributed by atoms with Gasteiger partial charge in [-0.1, -0.05) is 29.1 Å². The van der Waals surface area contributed by atoms with Gasteiger partial charge in [0.1, 0.15) is 0 Å². The van der Waals surface area contributed by atoms with Crippen LogP contribution in [0.2, 0.25) is 0 Å². The smallest absolute Gasteiger partial charge is 0.222 e. The summed E-state index contributed by atoms with van der Waals surface area (Å²) in [5.41, 5.74) is 0. The number of alkyl halides is 2. The van der Waals surface area contributed by atoms with Gasteiger partial charge < -0.3 is 9.47 Å². The number of hydrogen-bond acceptors (Lipinski definition) is 2. The van der Waals surface area contributed by atoms with Crippen molar-refractivity contribution >= 4 is 23.2 Å². The van der Waals surface area contributed by atoms with Crippen LogP contribution in [-0.4, -0.2) is 24.3 Å². The first kappa shape index (κ1) is 12.1. The van der Waals surface area contributed by atoms with E-state index in [1.54, 1.807) is 0 Å². The van der Waals surface area contributed by atoms with E-state index >= 15 is 0 Å². The van der Waals surface area contributed by atoms with Crippen LogP contribution >= 0.6 is 23.2 Å². The summed E-state index contributed by atoms with van der Waals surface area (Å²) >= 11 is 10.8. The van der Waals surface area contributed by atoms with Crippen molar-refractivity contribution in [2.45, 2.75) is 25.0 Å². The van der Waals surface area contributed by atoms with Gasteiger partial charge in [0, 0.05) is 13.2 Å². The van der Waals surface area contributed by atoms with Gasteiger partial charge in [0.2, 0.25) is 6.29 Å². The summed E-state index contributed by atoms with van der Waals surface area (Å²) < 4.78 is 10.2. The molecule has 0 saturated heterocycles. The molecule has 0 bridgehead atoms. The van der Waals surface area contributed by atoms with E-state index in [-0.39, 0.29) is 0 Å². The molecule has 0 fully saturated rings. The minimum absolute atomic E-state index is 0.514. The summed E-state index contributed by atoms with van der Waals surface area (Å²) in [4.78, 5) is -0.687. The van der Waals surface area contributed by atoms with Crippen LogP contribution in [0.5, 0.6) is 0 Å². The predicted molar refractivity (Wildman–Crippen MR) is 50.3 cm³/mol. The molecular weight excluding hydrogens is 199 g/mol. The minimum atomic E-state index is -0.687. The van der Waals surface area contributed by atoms with Crippen LogP contribution in [0.1, 0.15) is 13.8 Å². The molecule has 2 nitrogen and oxygen atoms in total. The quantitative estimate of drug-likeness (QED) is 0.403. The summed E-state index contributed by atoms with van der Waals surface area (Å²) in [6.45, 7) is 4.84. The molecule has 0 aliphatic rings. The molecule has 0 aromatic carbocycles. The Balaban J connectivity index is 3.87. The average Bonchev–Trinajstić information content (AvgIpc) is 2.01. The van der Waals surface area contributed by atoms with Crippen LogP contribution < -0.4 is 0 Å². The maximum atomic E-state index is 5.40. The number of halogens is 2. The van der Waals surface area contributed by atoms with E-state index < -0.39 is 11.1 Å². The lowest BCUT2D eigenvalue weighted by atomic mass is 10.5. The Bertz CT molecular complexity index is 154. The average molecular weight is 211 g/mol. The van der Waals surface area contributed by atoms with Crippen molar-refractivity contribution in [1.29, 1.82) is 0 Å². The lowest BCUT2D eigenvalue weighted by molar-refractivity contribution is -0.0970. The summed E-state index contributed by atoms with van der Waals surface area (Å²) in [6.07, 6.45) is -0.514. The lowest BCUT2D eigenvalue weighted by Gasteiger charge is -2.09. The Labute approximate surface area is 83.1 Å². The van der Waals surface area contributed by atoms with Gasteiger partial charge in [-0.3, -0.25) is 0 Å². The molecule has 0 unspecified atom stereocenters. The third-order valence-corrected chi connectivity index (χ3v) is 1.16. The molecule has 0 aliphatic carbocycles. The Kier molecular flexibility index (Phi) is 7.73. The highest BCUT2D eigenvalue weighted by Crippen LogP contribution is 1.99. The van der Waals surface area contributed by atoms with Crippen LogP contribution in [0, 0.1) is 11.8 Å². The number of rotatable bonds is 4. The summed E-state index contributed by atoms with van der Waals surface area (Å²) in [7, 11) is 0. The molecule has 0 rings (SSSR count). The van der Waals surface area contributed by atoms with Crippen molar-refractivity contribution in [3.63, 3.8) is 0 Å². The number of ether oxygens (including phenoxy) is 2. The van der Waals surface area contributed by atoms with E-state index in [4.69, 9.17) is 32.7 Å². The topological polar surface area (TPSA) is 18.5 Å². The standard InChI is InChI=1S/C8H12Cl2O2/c1-3-11-8(12-4-2)6-5-7(9)10/h7-8H,3-4H2,1-2H3. The highest BCUT2D eigenvalue weighted by molar-refractivity contribution is 6.46. The Morgan fingerprint density at radius 3 is 1.92 bits per heavy atom. The van der Waals surface area contributed by atoms with Crippen molar-refractivity contribution in [1.82, 2.24) is 0 Å². The summed E-state index contributed by atoms with van der Waals surface area (Å²) in [5, 5.41) is 0. The molecule has 0 aromatic heterocycles. The van der Waals surface area contributed by atoms with Crippen molar-refractivity contribution in [2.24, 2.45) is 0 Å². The van der Waals surface area contributed by atoms with Gasteiger partial charge in [-0.2, -0.15) is 0 Å². The normalized spacial score (nSPS) is 10.2. The molecule has 0 atom stereocenters. The summed E-state index contributed by atoms with van der Waals surface area (Å²) in [5.74, 6) is 5.21. The minimum Gasteiger partial charge on any atom is -0.342 e. The van der Waals surface area contributed by atoms with Crippen molar-refractivity contribution in [3.8, 4) is 11.8 Å². The van der Waals surface area contributed by atoms with Crippen LogP contribution in [0.4, 0.5) is 0 Å². The SMILES string of the molecule is CCOC(C#CC(Cl)Cl)OCC. The second-order valence-electron chi connectivity index (χ2n) is 1.83. The molecule has 70 valence electrons. The maximum absolute atomic E-state index is 5.40. The fourth-order valence-electron chi connectivity index (χ4n) is 0.565. The second kappa shape index (κ2) is 7.70. The third-order valence-electron chi connectivity index (χ3n) is 0.946. The van der Waals surface area contributed by atoms with E-state index in [1.807, 2.05) is 13.8 Å². The van der Waals surface area contributed by atoms with Gasteiger partial charge in [-0.25, -0.2) is 0 Å². The first-order valence-corrected chi connectivity index (χ1v) is 4.60. The first-order valence-electron chi connectivity index (χ1n) is 3.73. The van der Waals surface area contributed by atoms with Crippen molar-refractivity contribution < 1.29 is 9.47 Å². The molecule has 0 amide bonds. The van der Waals surface area contributed by atoms with Crippen molar-refractivity contribution in [3.05, 3.63) is 0 Å². The third kappa shape index (κ3) is 6.75. The largest absolute Gasteiger partial charge is 0.342 e. The Morgan fingerprint density at radius 2 is 1.58 bits per heavy atom. The molecule has 0 N–H and O–H groups in total. The fraction of sp³-hybridized carbons (Fsp3) is 0.750. The zero-order valence-electron chi connectivity index (χ0n) is 7.14. The molecule has 0 aromatic rings. The van der Waals surface area contributed by atoms with Crippen LogP contribution in [0.15, 0.2) is 0 Å². The summed E-state index contributed by atoms with van der Waals surface area (Å²) in [6, 6.07) is 0. The van der Waals surface area contributed by atoms with Gasteiger partial charge >= 0.3 is 0 Å². The van der Waals surface area contributed by atoms with E-state index in [2.05, 4.69) is 11.8 Å².